The zero-order valence-electron chi connectivity index (χ0n) is 11.7. The molecule has 0 aromatic heterocycles. The molecule has 0 bridgehead atoms. The van der Waals surface area contributed by atoms with Gasteiger partial charge in [0.1, 0.15) is 5.75 Å². The highest BCUT2D eigenvalue weighted by Crippen LogP contribution is 2.20. The first kappa shape index (κ1) is 16.1. The molecule has 1 atom stereocenters. The van der Waals surface area contributed by atoms with E-state index < -0.39 is 6.10 Å². The van der Waals surface area contributed by atoms with Gasteiger partial charge < -0.3 is 10.1 Å². The van der Waals surface area contributed by atoms with Crippen LogP contribution in [0, 0.1) is 10.5 Å². The van der Waals surface area contributed by atoms with Gasteiger partial charge in [-0.3, -0.25) is 4.79 Å². The van der Waals surface area contributed by atoms with Crippen LogP contribution in [0.3, 0.4) is 0 Å². The minimum absolute atomic E-state index is 0.195. The van der Waals surface area contributed by atoms with Crippen LogP contribution in [0.2, 0.25) is 5.02 Å². The van der Waals surface area contributed by atoms with Crippen molar-refractivity contribution in [3.8, 4) is 5.75 Å². The van der Waals surface area contributed by atoms with Crippen molar-refractivity contribution >= 4 is 45.8 Å². The molecule has 0 fully saturated rings. The number of hydrogen-bond acceptors (Lipinski definition) is 2. The zero-order chi connectivity index (χ0) is 15.4. The maximum atomic E-state index is 12.2. The number of nitrogens with one attached hydrogen (secondary N) is 1. The van der Waals surface area contributed by atoms with Crippen molar-refractivity contribution in [2.45, 2.75) is 20.0 Å². The second-order valence-corrected chi connectivity index (χ2v) is 6.35. The van der Waals surface area contributed by atoms with Gasteiger partial charge in [0.15, 0.2) is 6.10 Å². The monoisotopic (exact) mass is 415 g/mol. The number of carbonyl (C=O) groups excluding carboxylic acids is 1. The van der Waals surface area contributed by atoms with Crippen LogP contribution < -0.4 is 10.1 Å². The van der Waals surface area contributed by atoms with E-state index in [0.29, 0.717) is 10.8 Å². The maximum absolute atomic E-state index is 12.2. The Morgan fingerprint density at radius 2 is 2.05 bits per heavy atom. The van der Waals surface area contributed by atoms with E-state index >= 15 is 0 Å². The first-order valence-corrected chi connectivity index (χ1v) is 7.90. The van der Waals surface area contributed by atoms with Crippen molar-refractivity contribution in [3.63, 3.8) is 0 Å². The molecule has 0 aliphatic rings. The van der Waals surface area contributed by atoms with Gasteiger partial charge in [-0.15, -0.1) is 0 Å². The van der Waals surface area contributed by atoms with Gasteiger partial charge >= 0.3 is 0 Å². The molecule has 0 saturated carbocycles. The summed E-state index contributed by atoms with van der Waals surface area (Å²) in [5, 5.41) is 3.45. The number of halogens is 2. The Kier molecular flexibility index (Phi) is 5.47. The topological polar surface area (TPSA) is 38.3 Å². The summed E-state index contributed by atoms with van der Waals surface area (Å²) in [6.45, 7) is 3.67. The number of anilines is 1. The molecule has 0 heterocycles. The molecule has 5 heteroatoms. The van der Waals surface area contributed by atoms with E-state index in [9.17, 15) is 4.79 Å². The summed E-state index contributed by atoms with van der Waals surface area (Å²) in [6, 6.07) is 12.8. The molecule has 0 saturated heterocycles. The number of ether oxygens (including phenoxy) is 1. The summed E-state index contributed by atoms with van der Waals surface area (Å²) in [5.41, 5.74) is 1.81. The van der Waals surface area contributed by atoms with Crippen LogP contribution in [0.4, 0.5) is 5.69 Å². The molecular weight excluding hydrogens is 401 g/mol. The Bertz CT molecular complexity index is 660. The van der Waals surface area contributed by atoms with Crippen LogP contribution in [0.5, 0.6) is 5.75 Å². The average Bonchev–Trinajstić information content (AvgIpc) is 2.41. The number of carbonyl (C=O) groups is 1. The first-order valence-electron chi connectivity index (χ1n) is 6.45. The fourth-order valence-electron chi connectivity index (χ4n) is 1.80. The van der Waals surface area contributed by atoms with Crippen molar-refractivity contribution in [2.24, 2.45) is 0 Å². The molecule has 3 nitrogen and oxygen atoms in total. The van der Waals surface area contributed by atoms with Crippen molar-refractivity contribution in [1.82, 2.24) is 0 Å². The summed E-state index contributed by atoms with van der Waals surface area (Å²) >= 11 is 8.13. The van der Waals surface area contributed by atoms with E-state index in [0.717, 1.165) is 14.8 Å². The van der Waals surface area contributed by atoms with E-state index in [-0.39, 0.29) is 5.91 Å². The van der Waals surface area contributed by atoms with Gasteiger partial charge in [0.05, 0.1) is 0 Å². The third kappa shape index (κ3) is 4.61. The molecule has 0 radical (unpaired) electrons. The van der Waals surface area contributed by atoms with Crippen molar-refractivity contribution < 1.29 is 9.53 Å². The second-order valence-electron chi connectivity index (χ2n) is 4.67. The van der Waals surface area contributed by atoms with Crippen LogP contribution in [0.25, 0.3) is 0 Å². The van der Waals surface area contributed by atoms with Gasteiger partial charge in [-0.05, 0) is 78.4 Å². The normalized spacial score (nSPS) is 11.8. The molecule has 0 aliphatic heterocycles. The Morgan fingerprint density at radius 3 is 2.71 bits per heavy atom. The first-order chi connectivity index (χ1) is 9.95. The van der Waals surface area contributed by atoms with Gasteiger partial charge in [0, 0.05) is 14.3 Å². The van der Waals surface area contributed by atoms with E-state index in [1.165, 1.54) is 0 Å². The molecule has 0 spiro atoms. The third-order valence-electron chi connectivity index (χ3n) is 2.92. The van der Waals surface area contributed by atoms with Crippen LogP contribution >= 0.6 is 34.2 Å². The van der Waals surface area contributed by atoms with E-state index in [1.807, 2.05) is 25.1 Å². The average molecular weight is 416 g/mol. The quantitative estimate of drug-likeness (QED) is 0.738. The standard InChI is InChI=1S/C16H15ClINO2/c1-10-8-13(18)6-7-15(10)19-16(20)11(2)21-14-5-3-4-12(17)9-14/h3-9,11H,1-2H3,(H,19,20). The molecule has 2 aromatic carbocycles. The van der Waals surface area contributed by atoms with Crippen LogP contribution in [0.1, 0.15) is 12.5 Å². The molecular formula is C16H15ClINO2. The maximum Gasteiger partial charge on any atom is 0.265 e. The molecule has 21 heavy (non-hydrogen) atoms. The lowest BCUT2D eigenvalue weighted by Gasteiger charge is -2.16. The molecule has 2 aromatic rings. The Hall–Kier alpha value is -1.27. The van der Waals surface area contributed by atoms with Gasteiger partial charge in [0.25, 0.3) is 5.91 Å². The minimum atomic E-state index is -0.609. The lowest BCUT2D eigenvalue weighted by Crippen LogP contribution is -2.30. The summed E-state index contributed by atoms with van der Waals surface area (Å²) in [6.07, 6.45) is -0.609. The third-order valence-corrected chi connectivity index (χ3v) is 3.83. The Morgan fingerprint density at radius 1 is 1.29 bits per heavy atom. The van der Waals surface area contributed by atoms with Gasteiger partial charge in [0.2, 0.25) is 0 Å². The fourth-order valence-corrected chi connectivity index (χ4v) is 2.63. The lowest BCUT2D eigenvalue weighted by molar-refractivity contribution is -0.122. The summed E-state index contributed by atoms with van der Waals surface area (Å²) in [4.78, 5) is 12.2. The number of amides is 1. The predicted molar refractivity (Wildman–Crippen MR) is 94.1 cm³/mol. The highest BCUT2D eigenvalue weighted by atomic mass is 127. The van der Waals surface area contributed by atoms with Crippen LogP contribution in [-0.2, 0) is 4.79 Å². The number of rotatable bonds is 4. The van der Waals surface area contributed by atoms with Crippen molar-refractivity contribution in [1.29, 1.82) is 0 Å². The van der Waals surface area contributed by atoms with E-state index in [4.69, 9.17) is 16.3 Å². The molecule has 2 rings (SSSR count). The highest BCUT2D eigenvalue weighted by Gasteiger charge is 2.15. The van der Waals surface area contributed by atoms with E-state index in [1.54, 1.807) is 31.2 Å². The number of hydrogen-bond donors (Lipinski definition) is 1. The number of benzene rings is 2. The fraction of sp³-hybridized carbons (Fsp3) is 0.188. The lowest BCUT2D eigenvalue weighted by atomic mass is 10.2. The Labute approximate surface area is 142 Å². The van der Waals surface area contributed by atoms with Gasteiger partial charge in [-0.2, -0.15) is 0 Å². The smallest absolute Gasteiger partial charge is 0.265 e. The van der Waals surface area contributed by atoms with Crippen LogP contribution in [0.15, 0.2) is 42.5 Å². The molecule has 110 valence electrons. The highest BCUT2D eigenvalue weighted by molar-refractivity contribution is 14.1. The van der Waals surface area contributed by atoms with Crippen molar-refractivity contribution in [3.05, 3.63) is 56.6 Å². The molecule has 1 amide bonds. The Balaban J connectivity index is 2.02. The summed E-state index contributed by atoms with van der Waals surface area (Å²) in [5.74, 6) is 0.378. The van der Waals surface area contributed by atoms with E-state index in [2.05, 4.69) is 27.9 Å². The molecule has 1 unspecified atom stereocenters. The van der Waals surface area contributed by atoms with Gasteiger partial charge in [-0.1, -0.05) is 17.7 Å². The zero-order valence-corrected chi connectivity index (χ0v) is 14.6. The number of aryl methyl sites for hydroxylation is 1. The predicted octanol–water partition coefficient (Wildman–Crippen LogP) is 4.66. The minimum Gasteiger partial charge on any atom is -0.481 e. The summed E-state index contributed by atoms with van der Waals surface area (Å²) < 4.78 is 6.73. The second kappa shape index (κ2) is 7.13. The SMILES string of the molecule is Cc1cc(I)ccc1NC(=O)C(C)Oc1cccc(Cl)c1. The van der Waals surface area contributed by atoms with Gasteiger partial charge in [-0.25, -0.2) is 0 Å². The van der Waals surface area contributed by atoms with Crippen LogP contribution in [-0.4, -0.2) is 12.0 Å². The molecule has 1 N–H and O–H groups in total. The molecule has 0 aliphatic carbocycles. The van der Waals surface area contributed by atoms with Crippen molar-refractivity contribution in [2.75, 3.05) is 5.32 Å². The largest absolute Gasteiger partial charge is 0.481 e. The summed E-state index contributed by atoms with van der Waals surface area (Å²) in [7, 11) is 0.